The lowest BCUT2D eigenvalue weighted by molar-refractivity contribution is 0.0949. The maximum atomic E-state index is 12.3. The van der Waals surface area contributed by atoms with Crippen molar-refractivity contribution in [3.05, 3.63) is 70.5 Å². The van der Waals surface area contributed by atoms with Crippen molar-refractivity contribution in [2.24, 2.45) is 0 Å². The highest BCUT2D eigenvalue weighted by Gasteiger charge is 2.14. The molecule has 116 valence electrons. The van der Waals surface area contributed by atoms with Crippen molar-refractivity contribution in [1.29, 1.82) is 0 Å². The van der Waals surface area contributed by atoms with Crippen molar-refractivity contribution in [3.8, 4) is 0 Å². The Morgan fingerprint density at radius 2 is 1.70 bits per heavy atom. The number of carbonyl (C=O) groups is 1. The molecule has 5 heteroatoms. The van der Waals surface area contributed by atoms with Gasteiger partial charge in [0.15, 0.2) is 10.8 Å². The van der Waals surface area contributed by atoms with Gasteiger partial charge in [-0.25, -0.2) is 9.97 Å². The van der Waals surface area contributed by atoms with Gasteiger partial charge in [-0.1, -0.05) is 53.6 Å². The zero-order valence-corrected chi connectivity index (χ0v) is 13.5. The molecule has 0 radical (unpaired) electrons. The summed E-state index contributed by atoms with van der Waals surface area (Å²) in [6.07, 6.45) is 0.755. The summed E-state index contributed by atoms with van der Waals surface area (Å²) in [5.41, 5.74) is 3.88. The fourth-order valence-electron chi connectivity index (χ4n) is 2.28. The number of para-hydroxylation sites is 2. The molecule has 2 aromatic carbocycles. The molecule has 1 amide bonds. The molecule has 0 saturated carbocycles. The van der Waals surface area contributed by atoms with Gasteiger partial charge in [0.05, 0.1) is 11.0 Å². The molecule has 0 aliphatic carbocycles. The molecule has 0 aliphatic heterocycles. The van der Waals surface area contributed by atoms with Gasteiger partial charge in [0.25, 0.3) is 5.91 Å². The van der Waals surface area contributed by atoms with Gasteiger partial charge in [-0.2, -0.15) is 0 Å². The average molecular weight is 326 g/mol. The second-order valence-electron chi connectivity index (χ2n) is 5.34. The third-order valence-electron chi connectivity index (χ3n) is 3.56. The van der Waals surface area contributed by atoms with Gasteiger partial charge in [0, 0.05) is 6.54 Å². The first-order valence-corrected chi connectivity index (χ1v) is 7.77. The lowest BCUT2D eigenvalue weighted by Crippen LogP contribution is -2.27. The van der Waals surface area contributed by atoms with E-state index < -0.39 is 0 Å². The summed E-state index contributed by atoms with van der Waals surface area (Å²) in [5.74, 6) is -0.305. The van der Waals surface area contributed by atoms with Crippen LogP contribution in [0, 0.1) is 6.92 Å². The number of fused-ring (bicyclic) bond motifs is 1. The van der Waals surface area contributed by atoms with Gasteiger partial charge < -0.3 is 5.32 Å². The Balaban J connectivity index is 1.68. The van der Waals surface area contributed by atoms with Crippen LogP contribution in [0.15, 0.2) is 48.5 Å². The Morgan fingerprint density at radius 3 is 2.39 bits per heavy atom. The molecule has 0 aliphatic rings. The summed E-state index contributed by atoms with van der Waals surface area (Å²) in [6, 6.07) is 15.6. The Bertz CT molecular complexity index is 847. The molecule has 4 nitrogen and oxygen atoms in total. The maximum Gasteiger partial charge on any atom is 0.273 e. The molecule has 3 aromatic rings. The SMILES string of the molecule is Cc1ccc(CCNC(=O)c2nc3ccccc3nc2Cl)cc1. The summed E-state index contributed by atoms with van der Waals surface area (Å²) in [6.45, 7) is 2.57. The van der Waals surface area contributed by atoms with E-state index in [2.05, 4.69) is 39.6 Å². The zero-order valence-electron chi connectivity index (χ0n) is 12.7. The Labute approximate surface area is 139 Å². The number of halogens is 1. The van der Waals surface area contributed by atoms with Crippen LogP contribution in [0.4, 0.5) is 0 Å². The topological polar surface area (TPSA) is 54.9 Å². The van der Waals surface area contributed by atoms with Crippen molar-refractivity contribution in [1.82, 2.24) is 15.3 Å². The monoisotopic (exact) mass is 325 g/mol. The number of aryl methyl sites for hydroxylation is 1. The van der Waals surface area contributed by atoms with E-state index in [-0.39, 0.29) is 16.8 Å². The quantitative estimate of drug-likeness (QED) is 0.798. The van der Waals surface area contributed by atoms with Crippen molar-refractivity contribution in [2.45, 2.75) is 13.3 Å². The second kappa shape index (κ2) is 6.75. The molecule has 1 aromatic heterocycles. The van der Waals surface area contributed by atoms with Gasteiger partial charge in [-0.3, -0.25) is 4.79 Å². The van der Waals surface area contributed by atoms with Crippen LogP contribution >= 0.6 is 11.6 Å². The molecule has 0 fully saturated rings. The standard InChI is InChI=1S/C18H16ClN3O/c1-12-6-8-13(9-7-12)10-11-20-18(23)16-17(19)22-15-5-3-2-4-14(15)21-16/h2-9H,10-11H2,1H3,(H,20,23). The van der Waals surface area contributed by atoms with E-state index in [4.69, 9.17) is 11.6 Å². The van der Waals surface area contributed by atoms with Gasteiger partial charge in [0.2, 0.25) is 0 Å². The van der Waals surface area contributed by atoms with Crippen LogP contribution in [0.5, 0.6) is 0 Å². The first-order valence-electron chi connectivity index (χ1n) is 7.39. The maximum absolute atomic E-state index is 12.3. The summed E-state index contributed by atoms with van der Waals surface area (Å²) >= 11 is 6.08. The fraction of sp³-hybridized carbons (Fsp3) is 0.167. The zero-order chi connectivity index (χ0) is 16.2. The van der Waals surface area contributed by atoms with Crippen LogP contribution in [0.2, 0.25) is 5.15 Å². The number of aromatic nitrogens is 2. The Morgan fingerprint density at radius 1 is 1.04 bits per heavy atom. The minimum absolute atomic E-state index is 0.122. The van der Waals surface area contributed by atoms with Gasteiger partial charge in [-0.05, 0) is 31.0 Å². The van der Waals surface area contributed by atoms with E-state index in [1.807, 2.05) is 31.2 Å². The second-order valence-corrected chi connectivity index (χ2v) is 5.70. The molecular weight excluding hydrogens is 310 g/mol. The van der Waals surface area contributed by atoms with Crippen LogP contribution < -0.4 is 5.32 Å². The summed E-state index contributed by atoms with van der Waals surface area (Å²) in [7, 11) is 0. The van der Waals surface area contributed by atoms with Crippen LogP contribution in [-0.4, -0.2) is 22.4 Å². The number of benzene rings is 2. The van der Waals surface area contributed by atoms with Crippen LogP contribution in [-0.2, 0) is 6.42 Å². The molecule has 0 bridgehead atoms. The average Bonchev–Trinajstić information content (AvgIpc) is 2.56. The van der Waals surface area contributed by atoms with Crippen molar-refractivity contribution in [3.63, 3.8) is 0 Å². The predicted octanol–water partition coefficient (Wildman–Crippen LogP) is 3.56. The number of nitrogens with one attached hydrogen (secondary N) is 1. The van der Waals surface area contributed by atoms with Crippen molar-refractivity contribution in [2.75, 3.05) is 6.54 Å². The van der Waals surface area contributed by atoms with Gasteiger partial charge >= 0.3 is 0 Å². The molecule has 0 spiro atoms. The third kappa shape index (κ3) is 3.66. The number of amides is 1. The normalized spacial score (nSPS) is 10.7. The molecule has 23 heavy (non-hydrogen) atoms. The third-order valence-corrected chi connectivity index (χ3v) is 3.83. The highest BCUT2D eigenvalue weighted by atomic mass is 35.5. The van der Waals surface area contributed by atoms with E-state index >= 15 is 0 Å². The lowest BCUT2D eigenvalue weighted by Gasteiger charge is -2.07. The predicted molar refractivity (Wildman–Crippen MR) is 91.8 cm³/mol. The minimum Gasteiger partial charge on any atom is -0.350 e. The van der Waals surface area contributed by atoms with E-state index in [1.54, 1.807) is 0 Å². The highest BCUT2D eigenvalue weighted by Crippen LogP contribution is 2.16. The van der Waals surface area contributed by atoms with E-state index in [1.165, 1.54) is 11.1 Å². The number of hydrogen-bond donors (Lipinski definition) is 1. The van der Waals surface area contributed by atoms with E-state index in [0.717, 1.165) is 6.42 Å². The smallest absolute Gasteiger partial charge is 0.273 e. The fourth-order valence-corrected chi connectivity index (χ4v) is 2.50. The highest BCUT2D eigenvalue weighted by molar-refractivity contribution is 6.32. The van der Waals surface area contributed by atoms with Crippen LogP contribution in [0.1, 0.15) is 21.6 Å². The molecule has 0 atom stereocenters. The summed E-state index contributed by atoms with van der Waals surface area (Å²) < 4.78 is 0. The number of nitrogens with zero attached hydrogens (tertiary/aromatic N) is 2. The molecule has 3 rings (SSSR count). The summed E-state index contributed by atoms with van der Waals surface area (Å²) in [5, 5.41) is 2.96. The van der Waals surface area contributed by atoms with Crippen LogP contribution in [0.3, 0.4) is 0 Å². The first-order chi connectivity index (χ1) is 11.1. The largest absolute Gasteiger partial charge is 0.350 e. The molecule has 1 heterocycles. The number of carbonyl (C=O) groups excluding carboxylic acids is 1. The summed E-state index contributed by atoms with van der Waals surface area (Å²) in [4.78, 5) is 20.8. The molecule has 0 saturated heterocycles. The van der Waals surface area contributed by atoms with E-state index in [0.29, 0.717) is 17.6 Å². The molecule has 0 unspecified atom stereocenters. The number of hydrogen-bond acceptors (Lipinski definition) is 3. The Hall–Kier alpha value is -2.46. The van der Waals surface area contributed by atoms with Crippen LogP contribution in [0.25, 0.3) is 11.0 Å². The van der Waals surface area contributed by atoms with E-state index in [9.17, 15) is 4.79 Å². The first kappa shape index (κ1) is 15.4. The minimum atomic E-state index is -0.305. The van der Waals surface area contributed by atoms with Gasteiger partial charge in [0.1, 0.15) is 0 Å². The lowest BCUT2D eigenvalue weighted by atomic mass is 10.1. The van der Waals surface area contributed by atoms with Gasteiger partial charge in [-0.15, -0.1) is 0 Å². The Kier molecular flexibility index (Phi) is 4.53. The molecule has 1 N–H and O–H groups in total. The number of rotatable bonds is 4. The molecular formula is C18H16ClN3O. The van der Waals surface area contributed by atoms with Crippen molar-refractivity contribution >= 4 is 28.5 Å². The van der Waals surface area contributed by atoms with Crippen molar-refractivity contribution < 1.29 is 4.79 Å².